The summed E-state index contributed by atoms with van der Waals surface area (Å²) in [5.74, 6) is 2.01. The molecule has 24 heavy (non-hydrogen) atoms. The number of hydrogen-bond acceptors (Lipinski definition) is 6. The minimum Gasteiger partial charge on any atom is -0.493 e. The van der Waals surface area contributed by atoms with Crippen LogP contribution in [-0.4, -0.2) is 55.3 Å². The number of ether oxygens (including phenoxy) is 2. The fourth-order valence-corrected chi connectivity index (χ4v) is 3.83. The van der Waals surface area contributed by atoms with Gasteiger partial charge in [0, 0.05) is 12.6 Å². The van der Waals surface area contributed by atoms with E-state index in [1.807, 2.05) is 12.1 Å². The number of rotatable bonds is 6. The predicted octanol–water partition coefficient (Wildman–Crippen LogP) is 1.56. The second-order valence-electron chi connectivity index (χ2n) is 7.07. The Morgan fingerprint density at radius 1 is 1.29 bits per heavy atom. The van der Waals surface area contributed by atoms with Crippen LogP contribution in [0.4, 0.5) is 5.69 Å². The number of fused-ring (bicyclic) bond motifs is 2. The molecule has 0 amide bonds. The number of aliphatic imine (C=N–C) groups is 1. The first-order valence-corrected chi connectivity index (χ1v) is 8.73. The minimum absolute atomic E-state index is 0.0852. The molecule has 3 N–H and O–H groups in total. The van der Waals surface area contributed by atoms with E-state index in [2.05, 4.69) is 9.89 Å². The van der Waals surface area contributed by atoms with Gasteiger partial charge >= 0.3 is 0 Å². The lowest BCUT2D eigenvalue weighted by atomic mass is 9.64. The van der Waals surface area contributed by atoms with E-state index in [0.29, 0.717) is 23.9 Å². The van der Waals surface area contributed by atoms with Gasteiger partial charge in [-0.2, -0.15) is 0 Å². The Hall–Kier alpha value is -1.79. The van der Waals surface area contributed by atoms with Crippen molar-refractivity contribution in [2.24, 2.45) is 10.7 Å². The second kappa shape index (κ2) is 5.93. The zero-order valence-corrected chi connectivity index (χ0v) is 14.1. The number of aliphatic hydroxyl groups is 1. The van der Waals surface area contributed by atoms with E-state index in [9.17, 15) is 5.11 Å². The van der Waals surface area contributed by atoms with Gasteiger partial charge in [0.2, 0.25) is 0 Å². The van der Waals surface area contributed by atoms with Crippen molar-refractivity contribution >= 4 is 11.5 Å². The van der Waals surface area contributed by atoms with Crippen molar-refractivity contribution in [3.05, 3.63) is 17.7 Å². The van der Waals surface area contributed by atoms with Crippen LogP contribution in [0.1, 0.15) is 31.2 Å². The first kappa shape index (κ1) is 15.7. The quantitative estimate of drug-likeness (QED) is 0.827. The van der Waals surface area contributed by atoms with Crippen LogP contribution in [0.25, 0.3) is 0 Å². The van der Waals surface area contributed by atoms with Crippen LogP contribution in [0, 0.1) is 0 Å². The lowest BCUT2D eigenvalue weighted by Gasteiger charge is -2.39. The molecule has 1 aromatic rings. The number of benzene rings is 1. The third-order valence-corrected chi connectivity index (χ3v) is 5.58. The Morgan fingerprint density at radius 3 is 2.67 bits per heavy atom. The molecule has 1 spiro atoms. The molecular weight excluding hydrogens is 306 g/mol. The molecule has 130 valence electrons. The molecule has 1 saturated carbocycles. The summed E-state index contributed by atoms with van der Waals surface area (Å²) in [6.45, 7) is 3.03. The van der Waals surface area contributed by atoms with Crippen LogP contribution in [-0.2, 0) is 5.41 Å². The molecule has 2 aliphatic heterocycles. The average Bonchev–Trinajstić information content (AvgIpc) is 2.78. The number of nitrogens with zero attached hydrogens (tertiary/aromatic N) is 2. The van der Waals surface area contributed by atoms with Crippen LogP contribution in [0.5, 0.6) is 11.5 Å². The molecule has 1 atom stereocenters. The van der Waals surface area contributed by atoms with Gasteiger partial charge in [-0.15, -0.1) is 0 Å². The highest BCUT2D eigenvalue weighted by Crippen LogP contribution is 2.53. The van der Waals surface area contributed by atoms with E-state index < -0.39 is 6.10 Å². The first-order valence-electron chi connectivity index (χ1n) is 8.73. The summed E-state index contributed by atoms with van der Waals surface area (Å²) in [4.78, 5) is 6.77. The third kappa shape index (κ3) is 2.45. The number of hydrogen-bond donors (Lipinski definition) is 2. The maximum absolute atomic E-state index is 10.1. The van der Waals surface area contributed by atoms with Gasteiger partial charge in [0.1, 0.15) is 18.5 Å². The number of β-amino-alcohol motifs (C(OH)–C–C–N with tert-alkyl or cyclic N) is 1. The Morgan fingerprint density at radius 2 is 2.08 bits per heavy atom. The van der Waals surface area contributed by atoms with Gasteiger partial charge in [-0.3, -0.25) is 0 Å². The molecule has 6 nitrogen and oxygen atoms in total. The average molecular weight is 331 g/mol. The molecular formula is C18H25N3O3. The van der Waals surface area contributed by atoms with E-state index >= 15 is 0 Å². The highest BCUT2D eigenvalue weighted by molar-refractivity contribution is 6.00. The molecule has 0 unspecified atom stereocenters. The zero-order chi connectivity index (χ0) is 16.7. The molecule has 1 saturated heterocycles. The maximum Gasteiger partial charge on any atom is 0.163 e. The number of amidine groups is 1. The standard InChI is InChI=1S/C18H25N3O3/c1-23-15-8-13-14(20-17(19)18(13)4-2-5-18)9-16(15)24-11-12(22)10-21-6-3-7-21/h8-9,12,22H,2-7,10-11H2,1H3,(H2,19,20)/t12-/m0/s1. The molecule has 2 fully saturated rings. The second-order valence-corrected chi connectivity index (χ2v) is 7.07. The summed E-state index contributed by atoms with van der Waals surface area (Å²) in [6, 6.07) is 3.90. The van der Waals surface area contributed by atoms with Crippen LogP contribution in [0.15, 0.2) is 17.1 Å². The van der Waals surface area contributed by atoms with Crippen molar-refractivity contribution in [3.8, 4) is 11.5 Å². The summed E-state index contributed by atoms with van der Waals surface area (Å²) in [5.41, 5.74) is 8.13. The number of nitrogens with two attached hydrogens (primary N) is 1. The number of methoxy groups -OCH3 is 1. The van der Waals surface area contributed by atoms with E-state index in [1.165, 1.54) is 12.8 Å². The van der Waals surface area contributed by atoms with Crippen LogP contribution < -0.4 is 15.2 Å². The predicted molar refractivity (Wildman–Crippen MR) is 92.4 cm³/mol. The molecule has 0 radical (unpaired) electrons. The fourth-order valence-electron chi connectivity index (χ4n) is 3.83. The van der Waals surface area contributed by atoms with Crippen molar-refractivity contribution in [1.29, 1.82) is 0 Å². The van der Waals surface area contributed by atoms with Gasteiger partial charge in [0.15, 0.2) is 11.5 Å². The lowest BCUT2D eigenvalue weighted by Crippen LogP contribution is -2.44. The van der Waals surface area contributed by atoms with Crippen LogP contribution >= 0.6 is 0 Å². The van der Waals surface area contributed by atoms with Crippen molar-refractivity contribution in [1.82, 2.24) is 4.90 Å². The van der Waals surface area contributed by atoms with Gasteiger partial charge < -0.3 is 25.2 Å². The maximum atomic E-state index is 10.1. The first-order chi connectivity index (χ1) is 11.6. The number of aliphatic hydroxyl groups excluding tert-OH is 1. The summed E-state index contributed by atoms with van der Waals surface area (Å²) >= 11 is 0. The highest BCUT2D eigenvalue weighted by Gasteiger charge is 2.47. The van der Waals surface area contributed by atoms with Gasteiger partial charge in [-0.25, -0.2) is 4.99 Å². The topological polar surface area (TPSA) is 80.3 Å². The molecule has 0 bridgehead atoms. The summed E-state index contributed by atoms with van der Waals surface area (Å²) in [6.07, 6.45) is 3.99. The van der Waals surface area contributed by atoms with Crippen molar-refractivity contribution < 1.29 is 14.6 Å². The summed E-state index contributed by atoms with van der Waals surface area (Å²) in [7, 11) is 1.64. The largest absolute Gasteiger partial charge is 0.493 e. The van der Waals surface area contributed by atoms with Gasteiger partial charge in [0.05, 0.1) is 18.2 Å². The summed E-state index contributed by atoms with van der Waals surface area (Å²) < 4.78 is 11.3. The van der Waals surface area contributed by atoms with Gasteiger partial charge in [-0.05, 0) is 44.0 Å². The molecule has 0 aromatic heterocycles. The van der Waals surface area contributed by atoms with Crippen molar-refractivity contribution in [2.75, 3.05) is 33.4 Å². The molecule has 1 aromatic carbocycles. The molecule has 2 heterocycles. The van der Waals surface area contributed by atoms with Crippen LogP contribution in [0.2, 0.25) is 0 Å². The van der Waals surface area contributed by atoms with E-state index in [4.69, 9.17) is 15.2 Å². The Labute approximate surface area is 142 Å². The van der Waals surface area contributed by atoms with E-state index in [0.717, 1.165) is 37.2 Å². The zero-order valence-electron chi connectivity index (χ0n) is 14.1. The lowest BCUT2D eigenvalue weighted by molar-refractivity contribution is 0.0460. The monoisotopic (exact) mass is 331 g/mol. The minimum atomic E-state index is -0.505. The Balaban J connectivity index is 1.50. The SMILES string of the molecule is COc1cc2c(cc1OC[C@@H](O)CN1CCC1)N=C(N)C21CCC1. The molecule has 3 aliphatic rings. The fraction of sp³-hybridized carbons (Fsp3) is 0.611. The molecule has 4 rings (SSSR count). The third-order valence-electron chi connectivity index (χ3n) is 5.58. The van der Waals surface area contributed by atoms with Crippen LogP contribution in [0.3, 0.4) is 0 Å². The van der Waals surface area contributed by atoms with Crippen molar-refractivity contribution in [3.63, 3.8) is 0 Å². The van der Waals surface area contributed by atoms with E-state index in [-0.39, 0.29) is 12.0 Å². The Bertz CT molecular complexity index is 666. The normalized spacial score (nSPS) is 22.3. The Kier molecular flexibility index (Phi) is 3.89. The van der Waals surface area contributed by atoms with Gasteiger partial charge in [0.25, 0.3) is 0 Å². The highest BCUT2D eigenvalue weighted by atomic mass is 16.5. The molecule has 1 aliphatic carbocycles. The number of likely N-dealkylation sites (tertiary alicyclic amines) is 1. The smallest absolute Gasteiger partial charge is 0.163 e. The van der Waals surface area contributed by atoms with Gasteiger partial charge in [-0.1, -0.05) is 6.42 Å². The summed E-state index contributed by atoms with van der Waals surface area (Å²) in [5, 5.41) is 10.1. The van der Waals surface area contributed by atoms with E-state index in [1.54, 1.807) is 7.11 Å². The van der Waals surface area contributed by atoms with Crippen molar-refractivity contribution in [2.45, 2.75) is 37.2 Å². The molecule has 6 heteroatoms.